The Morgan fingerprint density at radius 1 is 0.818 bits per heavy atom. The molecule has 0 aliphatic heterocycles. The fraction of sp³-hybridized carbons (Fsp3) is 0.294. The monoisotopic (exact) mass is 323 g/mol. The molecule has 0 saturated heterocycles. The summed E-state index contributed by atoms with van der Waals surface area (Å²) in [6, 6.07) is 13.7. The van der Waals surface area contributed by atoms with Gasteiger partial charge in [-0.1, -0.05) is 12.1 Å². The van der Waals surface area contributed by atoms with Crippen LogP contribution < -0.4 is 19.9 Å². The van der Waals surface area contributed by atoms with Crippen molar-refractivity contribution in [1.82, 2.24) is 0 Å². The molecule has 5 heteroatoms. The summed E-state index contributed by atoms with van der Waals surface area (Å²) in [5, 5.41) is 0. The number of ether oxygens (including phenoxy) is 3. The molecule has 2 aromatic carbocycles. The molecule has 0 aromatic heterocycles. The van der Waals surface area contributed by atoms with E-state index in [1.165, 1.54) is 5.56 Å². The first-order valence-corrected chi connectivity index (χ1v) is 6.89. The SMILES string of the molecule is COc1cc(COc2ccc(CCN)cc2)cc(OC)c1.Cl. The van der Waals surface area contributed by atoms with Crippen LogP contribution in [-0.4, -0.2) is 20.8 Å². The Kier molecular flexibility index (Phi) is 7.57. The van der Waals surface area contributed by atoms with Crippen molar-refractivity contribution in [3.05, 3.63) is 53.6 Å². The third-order valence-corrected chi connectivity index (χ3v) is 3.17. The van der Waals surface area contributed by atoms with Gasteiger partial charge in [0.25, 0.3) is 0 Å². The highest BCUT2D eigenvalue weighted by molar-refractivity contribution is 5.85. The first-order chi connectivity index (χ1) is 10.2. The lowest BCUT2D eigenvalue weighted by Crippen LogP contribution is -2.02. The summed E-state index contributed by atoms with van der Waals surface area (Å²) >= 11 is 0. The first kappa shape index (κ1) is 18.1. The number of benzene rings is 2. The number of rotatable bonds is 7. The van der Waals surface area contributed by atoms with Crippen LogP contribution in [0.1, 0.15) is 11.1 Å². The minimum atomic E-state index is 0. The Hall–Kier alpha value is -1.91. The molecule has 0 unspecified atom stereocenters. The average molecular weight is 324 g/mol. The Morgan fingerprint density at radius 2 is 1.41 bits per heavy atom. The third kappa shape index (κ3) is 5.13. The van der Waals surface area contributed by atoms with Gasteiger partial charge < -0.3 is 19.9 Å². The van der Waals surface area contributed by atoms with Gasteiger partial charge >= 0.3 is 0 Å². The van der Waals surface area contributed by atoms with Crippen LogP contribution >= 0.6 is 12.4 Å². The molecule has 0 amide bonds. The fourth-order valence-corrected chi connectivity index (χ4v) is 2.04. The number of hydrogen-bond donors (Lipinski definition) is 1. The lowest BCUT2D eigenvalue weighted by atomic mass is 10.1. The van der Waals surface area contributed by atoms with Crippen LogP contribution in [0.15, 0.2) is 42.5 Å². The molecular formula is C17H22ClNO3. The lowest BCUT2D eigenvalue weighted by molar-refractivity contribution is 0.303. The van der Waals surface area contributed by atoms with Crippen LogP contribution in [0.4, 0.5) is 0 Å². The summed E-state index contributed by atoms with van der Waals surface area (Å²) in [5.41, 5.74) is 7.75. The van der Waals surface area contributed by atoms with Gasteiger partial charge in [-0.15, -0.1) is 12.4 Å². The standard InChI is InChI=1S/C17H21NO3.ClH/c1-19-16-9-14(10-17(11-16)20-2)12-21-15-5-3-13(4-6-15)7-8-18;/h3-6,9-11H,7-8,12,18H2,1-2H3;1H. The number of methoxy groups -OCH3 is 2. The zero-order valence-electron chi connectivity index (χ0n) is 12.9. The van der Waals surface area contributed by atoms with Gasteiger partial charge in [0.15, 0.2) is 0 Å². The van der Waals surface area contributed by atoms with Crippen LogP contribution in [-0.2, 0) is 13.0 Å². The Balaban J connectivity index is 0.00000242. The van der Waals surface area contributed by atoms with Gasteiger partial charge in [-0.3, -0.25) is 0 Å². The highest BCUT2D eigenvalue weighted by Crippen LogP contribution is 2.23. The molecule has 0 heterocycles. The highest BCUT2D eigenvalue weighted by atomic mass is 35.5. The Labute approximate surface area is 137 Å². The highest BCUT2D eigenvalue weighted by Gasteiger charge is 2.03. The van der Waals surface area contributed by atoms with E-state index in [4.69, 9.17) is 19.9 Å². The van der Waals surface area contributed by atoms with Crippen molar-refractivity contribution in [3.8, 4) is 17.2 Å². The van der Waals surface area contributed by atoms with Gasteiger partial charge in [-0.25, -0.2) is 0 Å². The molecule has 0 saturated carbocycles. The van der Waals surface area contributed by atoms with E-state index < -0.39 is 0 Å². The van der Waals surface area contributed by atoms with Crippen LogP contribution in [0.25, 0.3) is 0 Å². The van der Waals surface area contributed by atoms with E-state index in [2.05, 4.69) is 0 Å². The van der Waals surface area contributed by atoms with E-state index in [0.29, 0.717) is 13.2 Å². The Bertz CT molecular complexity index is 550. The van der Waals surface area contributed by atoms with Gasteiger partial charge in [-0.05, 0) is 48.4 Å². The predicted octanol–water partition coefficient (Wildman–Crippen LogP) is 3.21. The van der Waals surface area contributed by atoms with Crippen molar-refractivity contribution in [2.45, 2.75) is 13.0 Å². The molecule has 2 aromatic rings. The topological polar surface area (TPSA) is 53.7 Å². The second-order valence-electron chi connectivity index (χ2n) is 4.69. The summed E-state index contributed by atoms with van der Waals surface area (Å²) < 4.78 is 16.3. The summed E-state index contributed by atoms with van der Waals surface area (Å²) in [6.07, 6.45) is 0.882. The maximum atomic E-state index is 5.78. The second kappa shape index (κ2) is 9.18. The summed E-state index contributed by atoms with van der Waals surface area (Å²) in [7, 11) is 3.27. The van der Waals surface area contributed by atoms with E-state index in [0.717, 1.165) is 29.2 Å². The number of hydrogen-bond acceptors (Lipinski definition) is 4. The van der Waals surface area contributed by atoms with Gasteiger partial charge in [-0.2, -0.15) is 0 Å². The molecule has 0 fully saturated rings. The van der Waals surface area contributed by atoms with Gasteiger partial charge in [0.1, 0.15) is 23.9 Å². The lowest BCUT2D eigenvalue weighted by Gasteiger charge is -2.10. The molecule has 2 rings (SSSR count). The maximum Gasteiger partial charge on any atom is 0.122 e. The summed E-state index contributed by atoms with van der Waals surface area (Å²) in [6.45, 7) is 1.12. The van der Waals surface area contributed by atoms with E-state index in [1.54, 1.807) is 14.2 Å². The molecular weight excluding hydrogens is 302 g/mol. The van der Waals surface area contributed by atoms with E-state index >= 15 is 0 Å². The minimum Gasteiger partial charge on any atom is -0.497 e. The van der Waals surface area contributed by atoms with E-state index in [1.807, 2.05) is 42.5 Å². The molecule has 22 heavy (non-hydrogen) atoms. The molecule has 0 bridgehead atoms. The smallest absolute Gasteiger partial charge is 0.122 e. The van der Waals surface area contributed by atoms with Crippen LogP contribution in [0.5, 0.6) is 17.2 Å². The second-order valence-corrected chi connectivity index (χ2v) is 4.69. The summed E-state index contributed by atoms with van der Waals surface area (Å²) in [4.78, 5) is 0. The zero-order chi connectivity index (χ0) is 15.1. The minimum absolute atomic E-state index is 0. The molecule has 0 radical (unpaired) electrons. The largest absolute Gasteiger partial charge is 0.497 e. The molecule has 0 aliphatic rings. The molecule has 4 nitrogen and oxygen atoms in total. The number of halogens is 1. The third-order valence-electron chi connectivity index (χ3n) is 3.17. The molecule has 0 spiro atoms. The van der Waals surface area contributed by atoms with E-state index in [9.17, 15) is 0 Å². The maximum absolute atomic E-state index is 5.78. The van der Waals surface area contributed by atoms with Crippen molar-refractivity contribution in [1.29, 1.82) is 0 Å². The number of nitrogens with two attached hydrogens (primary N) is 1. The van der Waals surface area contributed by atoms with Gasteiger partial charge in [0.2, 0.25) is 0 Å². The molecule has 120 valence electrons. The van der Waals surface area contributed by atoms with Crippen molar-refractivity contribution < 1.29 is 14.2 Å². The van der Waals surface area contributed by atoms with Crippen molar-refractivity contribution in [3.63, 3.8) is 0 Å². The van der Waals surface area contributed by atoms with Gasteiger partial charge in [0, 0.05) is 6.07 Å². The first-order valence-electron chi connectivity index (χ1n) is 6.89. The van der Waals surface area contributed by atoms with Crippen molar-refractivity contribution in [2.24, 2.45) is 5.73 Å². The summed E-state index contributed by atoms with van der Waals surface area (Å²) in [5.74, 6) is 2.34. The van der Waals surface area contributed by atoms with Crippen LogP contribution in [0.3, 0.4) is 0 Å². The quantitative estimate of drug-likeness (QED) is 0.850. The van der Waals surface area contributed by atoms with E-state index in [-0.39, 0.29) is 12.4 Å². The van der Waals surface area contributed by atoms with Crippen LogP contribution in [0, 0.1) is 0 Å². The van der Waals surface area contributed by atoms with Gasteiger partial charge in [0.05, 0.1) is 14.2 Å². The normalized spacial score (nSPS) is 9.77. The van der Waals surface area contributed by atoms with Crippen molar-refractivity contribution in [2.75, 3.05) is 20.8 Å². The van der Waals surface area contributed by atoms with Crippen LogP contribution in [0.2, 0.25) is 0 Å². The molecule has 0 atom stereocenters. The average Bonchev–Trinajstić information content (AvgIpc) is 2.54. The predicted molar refractivity (Wildman–Crippen MR) is 90.3 cm³/mol. The molecule has 2 N–H and O–H groups in total. The zero-order valence-corrected chi connectivity index (χ0v) is 13.7. The molecule has 0 aliphatic carbocycles. The fourth-order valence-electron chi connectivity index (χ4n) is 2.04. The Morgan fingerprint density at radius 3 is 1.91 bits per heavy atom. The van der Waals surface area contributed by atoms with Crippen molar-refractivity contribution >= 4 is 12.4 Å².